The van der Waals surface area contributed by atoms with Crippen molar-refractivity contribution in [2.45, 2.75) is 19.4 Å². The van der Waals surface area contributed by atoms with Crippen LogP contribution in [0.3, 0.4) is 0 Å². The highest BCUT2D eigenvalue weighted by molar-refractivity contribution is 6.00. The molecule has 1 N–H and O–H groups in total. The lowest BCUT2D eigenvalue weighted by Gasteiger charge is -2.36. The summed E-state index contributed by atoms with van der Waals surface area (Å²) in [6.07, 6.45) is -0.277. The maximum atomic E-state index is 12.7. The Morgan fingerprint density at radius 2 is 2.07 bits per heavy atom. The molecule has 1 saturated heterocycles. The zero-order valence-electron chi connectivity index (χ0n) is 15.5. The Bertz CT molecular complexity index is 1020. The summed E-state index contributed by atoms with van der Waals surface area (Å²) in [6, 6.07) is 5.74. The minimum Gasteiger partial charge on any atom is -0.466 e. The lowest BCUT2D eigenvalue weighted by molar-refractivity contribution is -0.385. The number of ether oxygens (including phenoxy) is 1. The van der Waals surface area contributed by atoms with E-state index in [0.717, 1.165) is 0 Å². The van der Waals surface area contributed by atoms with E-state index in [2.05, 4.69) is 5.32 Å². The molecule has 1 aliphatic heterocycles. The van der Waals surface area contributed by atoms with Crippen LogP contribution in [0.5, 0.6) is 0 Å². The van der Waals surface area contributed by atoms with Crippen molar-refractivity contribution in [1.29, 1.82) is 0 Å². The Hall–Kier alpha value is -3.43. The standard InChI is InChI=1S/C18H20N4O6/c1-3-28-14(23)10-13-17(24)19-8-9-21(13)15-11-6-4-5-7-12(11)20(2)18(25)16(15)22(26)27/h4-7,13H,3,8-10H2,1-2H3,(H,19,24). The Balaban J connectivity index is 2.25. The van der Waals surface area contributed by atoms with E-state index >= 15 is 0 Å². The van der Waals surface area contributed by atoms with Crippen LogP contribution >= 0.6 is 0 Å². The number of aryl methyl sites for hydroxylation is 1. The van der Waals surface area contributed by atoms with Crippen LogP contribution < -0.4 is 15.8 Å². The van der Waals surface area contributed by atoms with Gasteiger partial charge in [-0.2, -0.15) is 0 Å². The second kappa shape index (κ2) is 7.67. The van der Waals surface area contributed by atoms with E-state index in [1.165, 1.54) is 16.5 Å². The predicted octanol–water partition coefficient (Wildman–Crippen LogP) is 0.705. The zero-order chi connectivity index (χ0) is 20.4. The summed E-state index contributed by atoms with van der Waals surface area (Å²) in [5.74, 6) is -1.04. The molecular formula is C18H20N4O6. The molecule has 10 nitrogen and oxygen atoms in total. The molecule has 3 rings (SSSR count). The number of aromatic nitrogens is 1. The highest BCUT2D eigenvalue weighted by Gasteiger charge is 2.38. The average Bonchev–Trinajstić information content (AvgIpc) is 2.66. The van der Waals surface area contributed by atoms with E-state index in [-0.39, 0.29) is 31.8 Å². The van der Waals surface area contributed by atoms with Gasteiger partial charge in [0, 0.05) is 25.5 Å². The number of anilines is 1. The summed E-state index contributed by atoms with van der Waals surface area (Å²) >= 11 is 0. The monoisotopic (exact) mass is 388 g/mol. The third kappa shape index (κ3) is 3.28. The topological polar surface area (TPSA) is 124 Å². The van der Waals surface area contributed by atoms with Crippen LogP contribution in [0.4, 0.5) is 11.4 Å². The van der Waals surface area contributed by atoms with Crippen molar-refractivity contribution >= 4 is 34.2 Å². The molecule has 0 bridgehead atoms. The molecule has 0 radical (unpaired) electrons. The number of fused-ring (bicyclic) bond motifs is 1. The first kappa shape index (κ1) is 19.3. The van der Waals surface area contributed by atoms with Crippen molar-refractivity contribution < 1.29 is 19.2 Å². The fourth-order valence-corrected chi connectivity index (χ4v) is 3.48. The first-order chi connectivity index (χ1) is 13.4. The quantitative estimate of drug-likeness (QED) is 0.454. The van der Waals surface area contributed by atoms with Crippen LogP contribution in [0.1, 0.15) is 13.3 Å². The van der Waals surface area contributed by atoms with Crippen molar-refractivity contribution in [3.8, 4) is 0 Å². The van der Waals surface area contributed by atoms with Crippen LogP contribution in [0.2, 0.25) is 0 Å². The average molecular weight is 388 g/mol. The van der Waals surface area contributed by atoms with Gasteiger partial charge in [-0.05, 0) is 13.0 Å². The van der Waals surface area contributed by atoms with Gasteiger partial charge in [0.05, 0.1) is 23.5 Å². The first-order valence-electron chi connectivity index (χ1n) is 8.82. The lowest BCUT2D eigenvalue weighted by Crippen LogP contribution is -2.56. The summed E-state index contributed by atoms with van der Waals surface area (Å²) in [4.78, 5) is 49.7. The number of esters is 1. The van der Waals surface area contributed by atoms with Gasteiger partial charge < -0.3 is 19.5 Å². The predicted molar refractivity (Wildman–Crippen MR) is 101 cm³/mol. The summed E-state index contributed by atoms with van der Waals surface area (Å²) < 4.78 is 6.15. The van der Waals surface area contributed by atoms with E-state index in [0.29, 0.717) is 10.9 Å². The van der Waals surface area contributed by atoms with Crippen LogP contribution in [-0.2, 0) is 21.4 Å². The second-order valence-corrected chi connectivity index (χ2v) is 6.35. The Kier molecular flexibility index (Phi) is 5.30. The lowest BCUT2D eigenvalue weighted by atomic mass is 10.0. The number of amides is 1. The molecule has 2 aromatic rings. The van der Waals surface area contributed by atoms with E-state index in [4.69, 9.17) is 4.74 Å². The molecule has 10 heteroatoms. The van der Waals surface area contributed by atoms with Crippen molar-refractivity contribution in [1.82, 2.24) is 9.88 Å². The van der Waals surface area contributed by atoms with Gasteiger partial charge in [-0.25, -0.2) is 0 Å². The minimum atomic E-state index is -1.01. The number of carbonyl (C=O) groups excluding carboxylic acids is 2. The van der Waals surface area contributed by atoms with Gasteiger partial charge in [-0.1, -0.05) is 18.2 Å². The van der Waals surface area contributed by atoms with Crippen molar-refractivity contribution in [3.05, 3.63) is 44.7 Å². The minimum absolute atomic E-state index is 0.0489. The SMILES string of the molecule is CCOC(=O)CC1C(=O)NCCN1c1c([N+](=O)[O-])c(=O)n(C)c2ccccc12. The number of nitro groups is 1. The molecule has 1 unspecified atom stereocenters. The van der Waals surface area contributed by atoms with Gasteiger partial charge in [0.25, 0.3) is 0 Å². The molecule has 1 amide bonds. The van der Waals surface area contributed by atoms with Gasteiger partial charge in [-0.3, -0.25) is 24.5 Å². The molecule has 0 saturated carbocycles. The Labute approximate surface area is 159 Å². The maximum absolute atomic E-state index is 12.7. The number of hydrogen-bond donors (Lipinski definition) is 1. The number of benzene rings is 1. The maximum Gasteiger partial charge on any atom is 0.357 e. The van der Waals surface area contributed by atoms with Gasteiger partial charge in [0.15, 0.2) is 0 Å². The fourth-order valence-electron chi connectivity index (χ4n) is 3.48. The summed E-state index contributed by atoms with van der Waals surface area (Å²) in [5, 5.41) is 14.9. The van der Waals surface area contributed by atoms with E-state index in [9.17, 15) is 24.5 Å². The van der Waals surface area contributed by atoms with Crippen LogP contribution in [0.25, 0.3) is 10.9 Å². The molecule has 0 spiro atoms. The number of rotatable bonds is 5. The smallest absolute Gasteiger partial charge is 0.357 e. The summed E-state index contributed by atoms with van der Waals surface area (Å²) in [6.45, 7) is 2.25. The molecule has 1 aromatic carbocycles. The molecule has 28 heavy (non-hydrogen) atoms. The number of piperazine rings is 1. The van der Waals surface area contributed by atoms with E-state index in [1.54, 1.807) is 31.2 Å². The molecule has 0 aliphatic carbocycles. The molecule has 1 aliphatic rings. The number of hydrogen-bond acceptors (Lipinski definition) is 7. The molecule has 1 aromatic heterocycles. The van der Waals surface area contributed by atoms with Crippen molar-refractivity contribution in [2.24, 2.45) is 7.05 Å². The van der Waals surface area contributed by atoms with Gasteiger partial charge in [0.2, 0.25) is 5.91 Å². The first-order valence-corrected chi connectivity index (χ1v) is 8.82. The van der Waals surface area contributed by atoms with Gasteiger partial charge in [-0.15, -0.1) is 0 Å². The highest BCUT2D eigenvalue weighted by Crippen LogP contribution is 2.35. The van der Waals surface area contributed by atoms with Gasteiger partial charge in [0.1, 0.15) is 11.7 Å². The summed E-state index contributed by atoms with van der Waals surface area (Å²) in [7, 11) is 1.46. The number of nitrogens with zero attached hydrogens (tertiary/aromatic N) is 3. The molecule has 1 atom stereocenters. The highest BCUT2D eigenvalue weighted by atomic mass is 16.6. The number of carbonyl (C=O) groups is 2. The number of nitrogens with one attached hydrogen (secondary N) is 1. The van der Waals surface area contributed by atoms with Gasteiger partial charge >= 0.3 is 17.2 Å². The Morgan fingerprint density at radius 3 is 2.75 bits per heavy atom. The summed E-state index contributed by atoms with van der Waals surface area (Å²) in [5.41, 5.74) is -0.855. The fraction of sp³-hybridized carbons (Fsp3) is 0.389. The third-order valence-corrected chi connectivity index (χ3v) is 4.72. The van der Waals surface area contributed by atoms with Crippen LogP contribution in [0.15, 0.2) is 29.1 Å². The molecular weight excluding hydrogens is 368 g/mol. The van der Waals surface area contributed by atoms with Crippen molar-refractivity contribution in [2.75, 3.05) is 24.6 Å². The Morgan fingerprint density at radius 1 is 1.36 bits per heavy atom. The van der Waals surface area contributed by atoms with Crippen LogP contribution in [-0.4, -0.2) is 47.1 Å². The van der Waals surface area contributed by atoms with E-state index < -0.39 is 34.1 Å². The van der Waals surface area contributed by atoms with Crippen molar-refractivity contribution in [3.63, 3.8) is 0 Å². The normalized spacial score (nSPS) is 16.7. The van der Waals surface area contributed by atoms with Crippen LogP contribution in [0, 0.1) is 10.1 Å². The third-order valence-electron chi connectivity index (χ3n) is 4.72. The van der Waals surface area contributed by atoms with E-state index in [1.807, 2.05) is 0 Å². The number of pyridine rings is 1. The second-order valence-electron chi connectivity index (χ2n) is 6.35. The number of para-hydroxylation sites is 1. The molecule has 148 valence electrons. The molecule has 2 heterocycles. The zero-order valence-corrected chi connectivity index (χ0v) is 15.5. The molecule has 1 fully saturated rings. The largest absolute Gasteiger partial charge is 0.466 e.